The largest absolute Gasteiger partial charge is 0.493 e. The van der Waals surface area contributed by atoms with E-state index in [0.29, 0.717) is 48.3 Å². The minimum atomic E-state index is -0.432. The van der Waals surface area contributed by atoms with Gasteiger partial charge in [-0.1, -0.05) is 18.5 Å². The van der Waals surface area contributed by atoms with Gasteiger partial charge in [0, 0.05) is 31.1 Å². The van der Waals surface area contributed by atoms with E-state index in [0.717, 1.165) is 6.42 Å². The van der Waals surface area contributed by atoms with Crippen molar-refractivity contribution in [1.29, 1.82) is 0 Å². The number of benzene rings is 1. The normalized spacial score (nSPS) is 20.3. The lowest BCUT2D eigenvalue weighted by Crippen LogP contribution is -2.34. The summed E-state index contributed by atoms with van der Waals surface area (Å²) in [5.41, 5.74) is 0.399. The summed E-state index contributed by atoms with van der Waals surface area (Å²) in [6.07, 6.45) is 0.415. The van der Waals surface area contributed by atoms with Gasteiger partial charge in [-0.25, -0.2) is 0 Å². The average Bonchev–Trinajstić information content (AvgIpc) is 2.95. The summed E-state index contributed by atoms with van der Waals surface area (Å²) in [5.74, 6) is 0.636. The Balaban J connectivity index is 2.06. The summed E-state index contributed by atoms with van der Waals surface area (Å²) < 4.78 is 10.8. The highest BCUT2D eigenvalue weighted by Gasteiger charge is 2.25. The SMILES string of the molecule is CCCOc1c(Cl)cc(C(=O)NCC2CNCC2O)cc1OC. The molecule has 0 bridgehead atoms. The Bertz CT molecular complexity index is 553. The maximum Gasteiger partial charge on any atom is 0.251 e. The first-order valence-corrected chi connectivity index (χ1v) is 8.11. The van der Waals surface area contributed by atoms with Crippen LogP contribution in [0, 0.1) is 5.92 Å². The number of ether oxygens (including phenoxy) is 2. The minimum Gasteiger partial charge on any atom is -0.493 e. The van der Waals surface area contributed by atoms with Gasteiger partial charge < -0.3 is 25.2 Å². The van der Waals surface area contributed by atoms with Crippen molar-refractivity contribution in [1.82, 2.24) is 10.6 Å². The molecule has 2 atom stereocenters. The van der Waals surface area contributed by atoms with E-state index < -0.39 is 6.10 Å². The summed E-state index contributed by atoms with van der Waals surface area (Å²) in [6, 6.07) is 3.17. The van der Waals surface area contributed by atoms with Gasteiger partial charge in [-0.15, -0.1) is 0 Å². The molecule has 1 saturated heterocycles. The first-order valence-electron chi connectivity index (χ1n) is 7.74. The van der Waals surface area contributed by atoms with Gasteiger partial charge in [0.15, 0.2) is 11.5 Å². The lowest BCUT2D eigenvalue weighted by atomic mass is 10.1. The van der Waals surface area contributed by atoms with Crippen LogP contribution in [0.3, 0.4) is 0 Å². The first-order chi connectivity index (χ1) is 11.1. The van der Waals surface area contributed by atoms with E-state index in [1.54, 1.807) is 12.1 Å². The van der Waals surface area contributed by atoms with Crippen molar-refractivity contribution in [2.45, 2.75) is 19.4 Å². The lowest BCUT2D eigenvalue weighted by Gasteiger charge is -2.16. The highest BCUT2D eigenvalue weighted by atomic mass is 35.5. The van der Waals surface area contributed by atoms with Gasteiger partial charge in [0.25, 0.3) is 5.91 Å². The molecule has 1 aromatic carbocycles. The Morgan fingerprint density at radius 1 is 1.48 bits per heavy atom. The number of β-amino-alcohol motifs (C(OH)–C–C–N with tert-alkyl or cyclic N) is 1. The molecule has 0 spiro atoms. The molecular weight excluding hydrogens is 320 g/mol. The Morgan fingerprint density at radius 2 is 2.26 bits per heavy atom. The van der Waals surface area contributed by atoms with E-state index in [9.17, 15) is 9.90 Å². The van der Waals surface area contributed by atoms with Crippen LogP contribution in [0.2, 0.25) is 5.02 Å². The fraction of sp³-hybridized carbons (Fsp3) is 0.562. The summed E-state index contributed by atoms with van der Waals surface area (Å²) in [4.78, 5) is 12.3. The molecule has 1 amide bonds. The monoisotopic (exact) mass is 342 g/mol. The molecule has 2 rings (SSSR count). The van der Waals surface area contributed by atoms with E-state index in [4.69, 9.17) is 21.1 Å². The van der Waals surface area contributed by atoms with Gasteiger partial charge in [0.05, 0.1) is 24.8 Å². The van der Waals surface area contributed by atoms with Crippen LogP contribution in [0.5, 0.6) is 11.5 Å². The third-order valence-electron chi connectivity index (χ3n) is 3.77. The highest BCUT2D eigenvalue weighted by molar-refractivity contribution is 6.32. The number of aliphatic hydroxyl groups is 1. The predicted molar refractivity (Wildman–Crippen MR) is 88.5 cm³/mol. The van der Waals surface area contributed by atoms with Crippen molar-refractivity contribution in [3.63, 3.8) is 0 Å². The Kier molecular flexibility index (Phi) is 6.50. The topological polar surface area (TPSA) is 79.8 Å². The molecule has 1 heterocycles. The third kappa shape index (κ3) is 4.50. The zero-order valence-electron chi connectivity index (χ0n) is 13.4. The van der Waals surface area contributed by atoms with Crippen LogP contribution in [0.1, 0.15) is 23.7 Å². The standard InChI is InChI=1S/C16H23ClN2O4/c1-3-4-23-15-12(17)5-10(6-14(15)22-2)16(21)19-8-11-7-18-9-13(11)20/h5-6,11,13,18,20H,3-4,7-9H2,1-2H3,(H,19,21). The van der Waals surface area contributed by atoms with Crippen molar-refractivity contribution in [2.75, 3.05) is 33.4 Å². The van der Waals surface area contributed by atoms with Gasteiger partial charge in [0.2, 0.25) is 0 Å². The van der Waals surface area contributed by atoms with E-state index in [1.807, 2.05) is 6.92 Å². The summed E-state index contributed by atoms with van der Waals surface area (Å²) >= 11 is 6.21. The molecule has 2 unspecified atom stereocenters. The van der Waals surface area contributed by atoms with Gasteiger partial charge in [0.1, 0.15) is 0 Å². The molecule has 128 valence electrons. The second-order valence-corrected chi connectivity index (χ2v) is 5.94. The molecule has 1 aliphatic heterocycles. The number of amides is 1. The molecular formula is C16H23ClN2O4. The molecule has 0 saturated carbocycles. The molecule has 1 aromatic rings. The Labute approximate surface area is 141 Å². The maximum atomic E-state index is 12.3. The molecule has 7 heteroatoms. The van der Waals surface area contributed by atoms with Gasteiger partial charge in [-0.2, -0.15) is 0 Å². The second kappa shape index (κ2) is 8.38. The number of hydrogen-bond acceptors (Lipinski definition) is 5. The summed E-state index contributed by atoms with van der Waals surface area (Å²) in [5, 5.41) is 16.0. The zero-order chi connectivity index (χ0) is 16.8. The highest BCUT2D eigenvalue weighted by Crippen LogP contribution is 2.36. The number of carbonyl (C=O) groups excluding carboxylic acids is 1. The van der Waals surface area contributed by atoms with Crippen LogP contribution in [0.15, 0.2) is 12.1 Å². The number of methoxy groups -OCH3 is 1. The minimum absolute atomic E-state index is 0.0171. The Hall–Kier alpha value is -1.50. The maximum absolute atomic E-state index is 12.3. The van der Waals surface area contributed by atoms with Gasteiger partial charge in [-0.3, -0.25) is 4.79 Å². The molecule has 3 N–H and O–H groups in total. The number of carbonyl (C=O) groups is 1. The van der Waals surface area contributed by atoms with Crippen LogP contribution in [0.25, 0.3) is 0 Å². The molecule has 23 heavy (non-hydrogen) atoms. The van der Waals surface area contributed by atoms with Crippen LogP contribution in [-0.4, -0.2) is 50.5 Å². The summed E-state index contributed by atoms with van der Waals surface area (Å²) in [6.45, 7) is 4.17. The van der Waals surface area contributed by atoms with Crippen molar-refractivity contribution < 1.29 is 19.4 Å². The lowest BCUT2D eigenvalue weighted by molar-refractivity contribution is 0.0926. The van der Waals surface area contributed by atoms with Gasteiger partial charge >= 0.3 is 0 Å². The number of halogens is 1. The van der Waals surface area contributed by atoms with E-state index >= 15 is 0 Å². The number of aliphatic hydroxyl groups excluding tert-OH is 1. The second-order valence-electron chi connectivity index (χ2n) is 5.53. The van der Waals surface area contributed by atoms with Crippen molar-refractivity contribution in [3.8, 4) is 11.5 Å². The fourth-order valence-electron chi connectivity index (χ4n) is 2.45. The van der Waals surface area contributed by atoms with Crippen molar-refractivity contribution in [2.24, 2.45) is 5.92 Å². The molecule has 1 fully saturated rings. The van der Waals surface area contributed by atoms with E-state index in [1.165, 1.54) is 7.11 Å². The number of nitrogens with one attached hydrogen (secondary N) is 2. The zero-order valence-corrected chi connectivity index (χ0v) is 14.2. The first kappa shape index (κ1) is 17.8. The van der Waals surface area contributed by atoms with Crippen LogP contribution >= 0.6 is 11.6 Å². The molecule has 0 radical (unpaired) electrons. The molecule has 0 aliphatic carbocycles. The van der Waals surface area contributed by atoms with E-state index in [-0.39, 0.29) is 11.8 Å². The molecule has 1 aliphatic rings. The fourth-order valence-corrected chi connectivity index (χ4v) is 2.71. The average molecular weight is 343 g/mol. The quantitative estimate of drug-likeness (QED) is 0.699. The molecule has 0 aromatic heterocycles. The number of hydrogen-bond donors (Lipinski definition) is 3. The van der Waals surface area contributed by atoms with E-state index in [2.05, 4.69) is 10.6 Å². The Morgan fingerprint density at radius 3 is 2.87 bits per heavy atom. The molecule has 6 nitrogen and oxygen atoms in total. The number of rotatable bonds is 7. The van der Waals surface area contributed by atoms with Crippen LogP contribution < -0.4 is 20.1 Å². The van der Waals surface area contributed by atoms with Crippen LogP contribution in [-0.2, 0) is 0 Å². The van der Waals surface area contributed by atoms with Crippen molar-refractivity contribution >= 4 is 17.5 Å². The predicted octanol–water partition coefficient (Wildman–Crippen LogP) is 1.45. The third-order valence-corrected chi connectivity index (χ3v) is 4.05. The van der Waals surface area contributed by atoms with Crippen molar-refractivity contribution in [3.05, 3.63) is 22.7 Å². The van der Waals surface area contributed by atoms with Crippen LogP contribution in [0.4, 0.5) is 0 Å². The van der Waals surface area contributed by atoms with Gasteiger partial charge in [-0.05, 0) is 18.6 Å². The smallest absolute Gasteiger partial charge is 0.251 e. The summed E-state index contributed by atoms with van der Waals surface area (Å²) in [7, 11) is 1.51.